The second-order valence-corrected chi connectivity index (χ2v) is 4.36. The molecule has 1 heterocycles. The molecule has 1 saturated carbocycles. The van der Waals surface area contributed by atoms with Gasteiger partial charge in [0.1, 0.15) is 0 Å². The van der Waals surface area contributed by atoms with Gasteiger partial charge in [-0.25, -0.2) is 0 Å². The summed E-state index contributed by atoms with van der Waals surface area (Å²) in [5, 5.41) is 0. The smallest absolute Gasteiger partial charge is 0.225 e. The van der Waals surface area contributed by atoms with Gasteiger partial charge in [0.2, 0.25) is 5.91 Å². The average Bonchev–Trinajstić information content (AvgIpc) is 3.00. The van der Waals surface area contributed by atoms with Crippen molar-refractivity contribution in [2.75, 3.05) is 6.54 Å². The molecule has 0 radical (unpaired) electrons. The zero-order valence-corrected chi connectivity index (χ0v) is 8.46. The summed E-state index contributed by atoms with van der Waals surface area (Å²) in [7, 11) is 0. The number of nitrogens with zero attached hydrogens (tertiary/aromatic N) is 1. The molecule has 0 aromatic heterocycles. The highest BCUT2D eigenvalue weighted by atomic mass is 16.2. The Hall–Kier alpha value is -0.530. The molecule has 2 fully saturated rings. The third kappa shape index (κ3) is 1.87. The summed E-state index contributed by atoms with van der Waals surface area (Å²) in [6.07, 6.45) is 7.19. The Labute approximate surface area is 80.3 Å². The molecule has 0 bridgehead atoms. The second-order valence-electron chi connectivity index (χ2n) is 4.36. The lowest BCUT2D eigenvalue weighted by Crippen LogP contribution is -2.44. The van der Waals surface area contributed by atoms with E-state index in [1.54, 1.807) is 0 Å². The van der Waals surface area contributed by atoms with Crippen LogP contribution in [-0.2, 0) is 4.79 Å². The number of piperidine rings is 1. The Morgan fingerprint density at radius 1 is 1.31 bits per heavy atom. The first-order chi connectivity index (χ1) is 6.33. The Kier molecular flexibility index (Phi) is 2.56. The first kappa shape index (κ1) is 9.04. The van der Waals surface area contributed by atoms with E-state index in [4.69, 9.17) is 0 Å². The van der Waals surface area contributed by atoms with Gasteiger partial charge in [0, 0.05) is 18.5 Å². The molecule has 2 nitrogen and oxygen atoms in total. The second kappa shape index (κ2) is 3.69. The van der Waals surface area contributed by atoms with Crippen LogP contribution in [0.5, 0.6) is 0 Å². The normalized spacial score (nSPS) is 29.0. The Bertz CT molecular complexity index is 198. The fourth-order valence-electron chi connectivity index (χ4n) is 2.28. The SMILES string of the molecule is CC[C@H]1CCCCN1C(=O)C1CC1. The topological polar surface area (TPSA) is 20.3 Å². The van der Waals surface area contributed by atoms with E-state index >= 15 is 0 Å². The van der Waals surface area contributed by atoms with Gasteiger partial charge >= 0.3 is 0 Å². The minimum absolute atomic E-state index is 0.409. The third-order valence-electron chi connectivity index (χ3n) is 3.31. The number of hydrogen-bond donors (Lipinski definition) is 0. The van der Waals surface area contributed by atoms with Crippen molar-refractivity contribution in [1.82, 2.24) is 4.90 Å². The van der Waals surface area contributed by atoms with Crippen LogP contribution < -0.4 is 0 Å². The first-order valence-electron chi connectivity index (χ1n) is 5.63. The van der Waals surface area contributed by atoms with E-state index in [2.05, 4.69) is 11.8 Å². The summed E-state index contributed by atoms with van der Waals surface area (Å²) < 4.78 is 0. The summed E-state index contributed by atoms with van der Waals surface area (Å²) >= 11 is 0. The zero-order valence-electron chi connectivity index (χ0n) is 8.46. The molecule has 1 amide bonds. The van der Waals surface area contributed by atoms with Gasteiger partial charge in [0.15, 0.2) is 0 Å². The molecule has 2 rings (SSSR count). The van der Waals surface area contributed by atoms with Gasteiger partial charge in [-0.2, -0.15) is 0 Å². The summed E-state index contributed by atoms with van der Waals surface area (Å²) in [6.45, 7) is 3.22. The van der Waals surface area contributed by atoms with Gasteiger partial charge in [0.05, 0.1) is 0 Å². The summed E-state index contributed by atoms with van der Waals surface area (Å²) in [5.41, 5.74) is 0. The molecular weight excluding hydrogens is 162 g/mol. The predicted molar refractivity (Wildman–Crippen MR) is 52.4 cm³/mol. The molecule has 0 aromatic rings. The monoisotopic (exact) mass is 181 g/mol. The van der Waals surface area contributed by atoms with Crippen LogP contribution in [0.4, 0.5) is 0 Å². The van der Waals surface area contributed by atoms with Crippen molar-refractivity contribution in [1.29, 1.82) is 0 Å². The Balaban J connectivity index is 1.96. The van der Waals surface area contributed by atoms with Crippen molar-refractivity contribution in [2.45, 2.75) is 51.5 Å². The van der Waals surface area contributed by atoms with Crippen molar-refractivity contribution < 1.29 is 4.79 Å². The van der Waals surface area contributed by atoms with Crippen molar-refractivity contribution in [3.05, 3.63) is 0 Å². The third-order valence-corrected chi connectivity index (χ3v) is 3.31. The molecule has 13 heavy (non-hydrogen) atoms. The van der Waals surface area contributed by atoms with Gasteiger partial charge in [-0.3, -0.25) is 4.79 Å². The van der Waals surface area contributed by atoms with Crippen LogP contribution in [0.15, 0.2) is 0 Å². The molecule has 0 N–H and O–H groups in total. The quantitative estimate of drug-likeness (QED) is 0.639. The van der Waals surface area contributed by atoms with E-state index in [0.29, 0.717) is 17.9 Å². The van der Waals surface area contributed by atoms with Crippen molar-refractivity contribution in [3.8, 4) is 0 Å². The summed E-state index contributed by atoms with van der Waals surface area (Å²) in [5.74, 6) is 0.860. The van der Waals surface area contributed by atoms with Crippen molar-refractivity contribution in [2.24, 2.45) is 5.92 Å². The van der Waals surface area contributed by atoms with E-state index in [1.807, 2.05) is 0 Å². The number of carbonyl (C=O) groups excluding carboxylic acids is 1. The number of carbonyl (C=O) groups is 1. The van der Waals surface area contributed by atoms with Gasteiger partial charge < -0.3 is 4.90 Å². The zero-order chi connectivity index (χ0) is 9.26. The maximum atomic E-state index is 11.9. The minimum Gasteiger partial charge on any atom is -0.339 e. The molecule has 1 saturated heterocycles. The lowest BCUT2D eigenvalue weighted by Gasteiger charge is -2.35. The van der Waals surface area contributed by atoms with Gasteiger partial charge in [-0.15, -0.1) is 0 Å². The molecule has 1 aliphatic heterocycles. The van der Waals surface area contributed by atoms with Gasteiger partial charge in [0.25, 0.3) is 0 Å². The fraction of sp³-hybridized carbons (Fsp3) is 0.909. The van der Waals surface area contributed by atoms with Gasteiger partial charge in [-0.05, 0) is 38.5 Å². The van der Waals surface area contributed by atoms with Crippen LogP contribution in [0.1, 0.15) is 45.4 Å². The van der Waals surface area contributed by atoms with Crippen LogP contribution in [0.25, 0.3) is 0 Å². The maximum absolute atomic E-state index is 11.9. The lowest BCUT2D eigenvalue weighted by molar-refractivity contribution is -0.136. The molecule has 1 aliphatic carbocycles. The fourth-order valence-corrected chi connectivity index (χ4v) is 2.28. The number of rotatable bonds is 2. The summed E-state index contributed by atoms with van der Waals surface area (Å²) in [6, 6.07) is 0.557. The number of hydrogen-bond acceptors (Lipinski definition) is 1. The van der Waals surface area contributed by atoms with Crippen LogP contribution in [0, 0.1) is 5.92 Å². The number of likely N-dealkylation sites (tertiary alicyclic amines) is 1. The van der Waals surface area contributed by atoms with Crippen molar-refractivity contribution >= 4 is 5.91 Å². The predicted octanol–water partition coefficient (Wildman–Crippen LogP) is 2.19. The number of amides is 1. The van der Waals surface area contributed by atoms with E-state index in [0.717, 1.165) is 25.8 Å². The molecular formula is C11H19NO. The molecule has 0 spiro atoms. The van der Waals surface area contributed by atoms with E-state index < -0.39 is 0 Å². The Morgan fingerprint density at radius 2 is 2.08 bits per heavy atom. The molecule has 2 heteroatoms. The van der Waals surface area contributed by atoms with Crippen LogP contribution in [-0.4, -0.2) is 23.4 Å². The van der Waals surface area contributed by atoms with Crippen molar-refractivity contribution in [3.63, 3.8) is 0 Å². The highest BCUT2D eigenvalue weighted by molar-refractivity contribution is 5.81. The largest absolute Gasteiger partial charge is 0.339 e. The van der Waals surface area contributed by atoms with E-state index in [9.17, 15) is 4.79 Å². The van der Waals surface area contributed by atoms with Crippen LogP contribution in [0.3, 0.4) is 0 Å². The molecule has 2 aliphatic rings. The molecule has 1 atom stereocenters. The molecule has 74 valence electrons. The highest BCUT2D eigenvalue weighted by Crippen LogP contribution is 2.33. The van der Waals surface area contributed by atoms with E-state index in [-0.39, 0.29) is 0 Å². The minimum atomic E-state index is 0.409. The van der Waals surface area contributed by atoms with Crippen LogP contribution in [0.2, 0.25) is 0 Å². The summed E-state index contributed by atoms with van der Waals surface area (Å²) in [4.78, 5) is 14.0. The van der Waals surface area contributed by atoms with Gasteiger partial charge in [-0.1, -0.05) is 6.92 Å². The average molecular weight is 181 g/mol. The van der Waals surface area contributed by atoms with E-state index in [1.165, 1.54) is 19.3 Å². The van der Waals surface area contributed by atoms with Crippen LogP contribution >= 0.6 is 0 Å². The first-order valence-corrected chi connectivity index (χ1v) is 5.63. The maximum Gasteiger partial charge on any atom is 0.225 e. The lowest BCUT2D eigenvalue weighted by atomic mass is 9.99. The standard InChI is InChI=1S/C11H19NO/c1-2-10-5-3-4-8-12(10)11(13)9-6-7-9/h9-10H,2-8H2,1H3/t10-/m0/s1. The molecule has 0 aromatic carbocycles. The Morgan fingerprint density at radius 3 is 2.69 bits per heavy atom. The highest BCUT2D eigenvalue weighted by Gasteiger charge is 2.36. The molecule has 0 unspecified atom stereocenters.